The molecule has 4 heteroatoms. The van der Waals surface area contributed by atoms with Gasteiger partial charge in [0.2, 0.25) is 0 Å². The van der Waals surface area contributed by atoms with E-state index in [4.69, 9.17) is 10.4 Å². The van der Waals surface area contributed by atoms with Gasteiger partial charge < -0.3 is 10.4 Å². The highest BCUT2D eigenvalue weighted by atomic mass is 16.4. The Bertz CT molecular complexity index is 174. The van der Waals surface area contributed by atoms with E-state index < -0.39 is 12.0 Å². The second kappa shape index (κ2) is 6.62. The van der Waals surface area contributed by atoms with Crippen molar-refractivity contribution in [2.75, 3.05) is 6.54 Å². The summed E-state index contributed by atoms with van der Waals surface area (Å²) in [6.45, 7) is 2.38. The number of hydrogen-bond donors (Lipinski definition) is 2. The van der Waals surface area contributed by atoms with Crippen LogP contribution in [0.25, 0.3) is 0 Å². The molecule has 0 aromatic heterocycles. The van der Waals surface area contributed by atoms with Gasteiger partial charge in [-0.1, -0.05) is 13.3 Å². The first-order chi connectivity index (χ1) is 5.72. The molecule has 2 N–H and O–H groups in total. The zero-order chi connectivity index (χ0) is 9.40. The molecule has 0 rings (SSSR count). The van der Waals surface area contributed by atoms with E-state index in [9.17, 15) is 4.79 Å². The van der Waals surface area contributed by atoms with Crippen molar-refractivity contribution in [1.29, 1.82) is 5.26 Å². The molecule has 0 heterocycles. The van der Waals surface area contributed by atoms with E-state index in [-0.39, 0.29) is 0 Å². The van der Waals surface area contributed by atoms with E-state index in [1.54, 1.807) is 0 Å². The monoisotopic (exact) mass is 170 g/mol. The topological polar surface area (TPSA) is 73.1 Å². The van der Waals surface area contributed by atoms with E-state index in [1.165, 1.54) is 0 Å². The van der Waals surface area contributed by atoms with Gasteiger partial charge >= 0.3 is 5.97 Å². The van der Waals surface area contributed by atoms with E-state index in [0.717, 1.165) is 6.42 Å². The maximum atomic E-state index is 10.5. The van der Waals surface area contributed by atoms with Crippen molar-refractivity contribution in [3.05, 3.63) is 0 Å². The molecule has 0 aliphatic carbocycles. The Kier molecular flexibility index (Phi) is 6.02. The van der Waals surface area contributed by atoms with Crippen LogP contribution in [0.5, 0.6) is 0 Å². The van der Waals surface area contributed by atoms with Crippen LogP contribution >= 0.6 is 0 Å². The zero-order valence-corrected chi connectivity index (χ0v) is 7.21. The Morgan fingerprint density at radius 2 is 2.42 bits per heavy atom. The van der Waals surface area contributed by atoms with E-state index in [0.29, 0.717) is 19.4 Å². The van der Waals surface area contributed by atoms with Crippen LogP contribution in [-0.4, -0.2) is 23.7 Å². The Balaban J connectivity index is 3.65. The summed E-state index contributed by atoms with van der Waals surface area (Å²) in [6.07, 6.45) is 1.80. The second-order valence-electron chi connectivity index (χ2n) is 2.54. The molecule has 12 heavy (non-hydrogen) atoms. The normalized spacial score (nSPS) is 12.0. The molecule has 1 atom stereocenters. The van der Waals surface area contributed by atoms with E-state index in [1.807, 2.05) is 13.0 Å². The molecule has 68 valence electrons. The quantitative estimate of drug-likeness (QED) is 0.577. The second-order valence-corrected chi connectivity index (χ2v) is 2.54. The molecule has 0 bridgehead atoms. The highest BCUT2D eigenvalue weighted by Crippen LogP contribution is 1.96. The maximum absolute atomic E-state index is 10.5. The molecule has 0 aliphatic rings. The van der Waals surface area contributed by atoms with Crippen molar-refractivity contribution >= 4 is 5.97 Å². The van der Waals surface area contributed by atoms with Gasteiger partial charge in [0, 0.05) is 13.0 Å². The van der Waals surface area contributed by atoms with Crippen molar-refractivity contribution in [1.82, 2.24) is 5.32 Å². The molecule has 0 aromatic carbocycles. The standard InChI is InChI=1S/C8H14N2O2/c1-2-4-7(8(11)12)10-6-3-5-9/h7,10H,2-4,6H2,1H3,(H,11,12). The first-order valence-electron chi connectivity index (χ1n) is 4.05. The van der Waals surface area contributed by atoms with Gasteiger partial charge in [0.15, 0.2) is 0 Å². The number of nitrogens with one attached hydrogen (secondary N) is 1. The summed E-state index contributed by atoms with van der Waals surface area (Å²) in [5.41, 5.74) is 0. The summed E-state index contributed by atoms with van der Waals surface area (Å²) in [4.78, 5) is 10.5. The first-order valence-corrected chi connectivity index (χ1v) is 4.05. The lowest BCUT2D eigenvalue weighted by Crippen LogP contribution is -2.36. The van der Waals surface area contributed by atoms with Crippen LogP contribution in [0.3, 0.4) is 0 Å². The number of carboxylic acids is 1. The Morgan fingerprint density at radius 1 is 1.75 bits per heavy atom. The molecule has 0 spiro atoms. The lowest BCUT2D eigenvalue weighted by atomic mass is 10.1. The highest BCUT2D eigenvalue weighted by Gasteiger charge is 2.14. The molecule has 0 saturated heterocycles. The Morgan fingerprint density at radius 3 is 2.83 bits per heavy atom. The molecule has 0 radical (unpaired) electrons. The molecule has 0 aromatic rings. The third kappa shape index (κ3) is 4.69. The molecule has 0 fully saturated rings. The lowest BCUT2D eigenvalue weighted by molar-refractivity contribution is -0.139. The summed E-state index contributed by atoms with van der Waals surface area (Å²) in [5.74, 6) is -0.838. The summed E-state index contributed by atoms with van der Waals surface area (Å²) < 4.78 is 0. The van der Waals surface area contributed by atoms with Gasteiger partial charge in [-0.25, -0.2) is 0 Å². The molecule has 0 saturated carbocycles. The highest BCUT2D eigenvalue weighted by molar-refractivity contribution is 5.73. The van der Waals surface area contributed by atoms with E-state index >= 15 is 0 Å². The predicted octanol–water partition coefficient (Wildman–Crippen LogP) is 0.743. The first kappa shape index (κ1) is 10.9. The minimum absolute atomic E-state index is 0.355. The average Bonchev–Trinajstić information content (AvgIpc) is 2.03. The molecule has 0 aliphatic heterocycles. The van der Waals surface area contributed by atoms with Gasteiger partial charge in [-0.15, -0.1) is 0 Å². The maximum Gasteiger partial charge on any atom is 0.320 e. The Labute approximate surface area is 72.2 Å². The number of aliphatic carboxylic acids is 1. The number of nitrogens with zero attached hydrogens (tertiary/aromatic N) is 1. The van der Waals surface area contributed by atoms with Crippen LogP contribution in [0.15, 0.2) is 0 Å². The van der Waals surface area contributed by atoms with Crippen molar-refractivity contribution in [2.45, 2.75) is 32.2 Å². The number of carboxylic acid groups (broad SMARTS) is 1. The molecule has 0 amide bonds. The summed E-state index contributed by atoms with van der Waals surface area (Å²) >= 11 is 0. The molecule has 4 nitrogen and oxygen atoms in total. The summed E-state index contributed by atoms with van der Waals surface area (Å²) in [7, 11) is 0. The molecular weight excluding hydrogens is 156 g/mol. The molecule has 1 unspecified atom stereocenters. The summed E-state index contributed by atoms with van der Waals surface area (Å²) in [5, 5.41) is 19.7. The van der Waals surface area contributed by atoms with Gasteiger partial charge in [0.1, 0.15) is 6.04 Å². The fourth-order valence-electron chi connectivity index (χ4n) is 0.904. The number of rotatable bonds is 6. The van der Waals surface area contributed by atoms with Crippen LogP contribution in [0.1, 0.15) is 26.2 Å². The minimum Gasteiger partial charge on any atom is -0.480 e. The lowest BCUT2D eigenvalue weighted by Gasteiger charge is -2.11. The number of hydrogen-bond acceptors (Lipinski definition) is 3. The van der Waals surface area contributed by atoms with Crippen LogP contribution in [0, 0.1) is 11.3 Å². The van der Waals surface area contributed by atoms with Gasteiger partial charge in [0.05, 0.1) is 6.07 Å². The average molecular weight is 170 g/mol. The predicted molar refractivity (Wildman–Crippen MR) is 44.6 cm³/mol. The Hall–Kier alpha value is -1.08. The van der Waals surface area contributed by atoms with Gasteiger partial charge in [-0.2, -0.15) is 5.26 Å². The van der Waals surface area contributed by atoms with Crippen LogP contribution in [0.4, 0.5) is 0 Å². The van der Waals surface area contributed by atoms with Gasteiger partial charge in [-0.05, 0) is 6.42 Å². The van der Waals surface area contributed by atoms with Crippen molar-refractivity contribution in [3.63, 3.8) is 0 Å². The van der Waals surface area contributed by atoms with Crippen molar-refractivity contribution < 1.29 is 9.90 Å². The smallest absolute Gasteiger partial charge is 0.320 e. The minimum atomic E-state index is -0.838. The van der Waals surface area contributed by atoms with E-state index in [2.05, 4.69) is 5.32 Å². The number of carbonyl (C=O) groups is 1. The fourth-order valence-corrected chi connectivity index (χ4v) is 0.904. The molecular formula is C8H14N2O2. The third-order valence-corrected chi connectivity index (χ3v) is 1.50. The van der Waals surface area contributed by atoms with Crippen molar-refractivity contribution in [3.8, 4) is 6.07 Å². The number of nitriles is 1. The van der Waals surface area contributed by atoms with Gasteiger partial charge in [0.25, 0.3) is 0 Å². The largest absolute Gasteiger partial charge is 0.480 e. The van der Waals surface area contributed by atoms with Crippen molar-refractivity contribution in [2.24, 2.45) is 0 Å². The van der Waals surface area contributed by atoms with Crippen LogP contribution in [-0.2, 0) is 4.79 Å². The van der Waals surface area contributed by atoms with Crippen LogP contribution in [0.2, 0.25) is 0 Å². The summed E-state index contributed by atoms with van der Waals surface area (Å²) in [6, 6.07) is 1.45. The fraction of sp³-hybridized carbons (Fsp3) is 0.750. The van der Waals surface area contributed by atoms with Crippen LogP contribution < -0.4 is 5.32 Å². The zero-order valence-electron chi connectivity index (χ0n) is 7.21. The van der Waals surface area contributed by atoms with Gasteiger partial charge in [-0.3, -0.25) is 4.79 Å². The SMILES string of the molecule is CCCC(NCCC#N)C(=O)O. The third-order valence-electron chi connectivity index (χ3n) is 1.50.